The van der Waals surface area contributed by atoms with Gasteiger partial charge in [-0.3, -0.25) is 4.79 Å². The third-order valence-corrected chi connectivity index (χ3v) is 2.86. The van der Waals surface area contributed by atoms with E-state index >= 15 is 0 Å². The number of nitrogens with zero attached hydrogens (tertiary/aromatic N) is 1. The van der Waals surface area contributed by atoms with Crippen LogP contribution in [-0.4, -0.2) is 18.1 Å². The quantitative estimate of drug-likeness (QED) is 0.829. The predicted molar refractivity (Wildman–Crippen MR) is 71.6 cm³/mol. The van der Waals surface area contributed by atoms with Gasteiger partial charge in [-0.05, 0) is 30.3 Å². The van der Waals surface area contributed by atoms with Gasteiger partial charge in [-0.15, -0.1) is 0 Å². The van der Waals surface area contributed by atoms with E-state index in [1.807, 2.05) is 0 Å². The normalized spacial score (nSPS) is 10.3. The number of nitrogen functional groups attached to an aromatic ring is 1. The molecule has 0 aliphatic carbocycles. The van der Waals surface area contributed by atoms with Gasteiger partial charge in [-0.25, -0.2) is 8.78 Å². The molecular weight excluding hydrogens is 266 g/mol. The smallest absolute Gasteiger partial charge is 0.261 e. The van der Waals surface area contributed by atoms with Gasteiger partial charge in [0.05, 0.1) is 11.3 Å². The lowest BCUT2D eigenvalue weighted by Gasteiger charge is -2.18. The van der Waals surface area contributed by atoms with Gasteiger partial charge in [0.1, 0.15) is 17.4 Å². The number of hydrogen-bond acceptors (Lipinski definition) is 3. The van der Waals surface area contributed by atoms with Gasteiger partial charge < -0.3 is 15.7 Å². The Hall–Kier alpha value is -2.63. The summed E-state index contributed by atoms with van der Waals surface area (Å²) in [5.74, 6) is -2.51. The lowest BCUT2D eigenvalue weighted by Crippen LogP contribution is -2.27. The number of rotatable bonds is 2. The summed E-state index contributed by atoms with van der Waals surface area (Å²) in [7, 11) is 1.44. The zero-order valence-corrected chi connectivity index (χ0v) is 10.6. The maximum absolute atomic E-state index is 13.6. The van der Waals surface area contributed by atoms with Crippen LogP contribution in [0.3, 0.4) is 0 Å². The molecule has 0 heterocycles. The first-order chi connectivity index (χ1) is 9.40. The molecule has 0 aliphatic heterocycles. The number of anilines is 2. The van der Waals surface area contributed by atoms with Crippen LogP contribution >= 0.6 is 0 Å². The molecule has 20 heavy (non-hydrogen) atoms. The fourth-order valence-electron chi connectivity index (χ4n) is 1.70. The Labute approximate surface area is 114 Å². The van der Waals surface area contributed by atoms with E-state index in [0.717, 1.165) is 6.07 Å². The zero-order valence-electron chi connectivity index (χ0n) is 10.6. The third-order valence-electron chi connectivity index (χ3n) is 2.86. The second-order valence-corrected chi connectivity index (χ2v) is 4.23. The van der Waals surface area contributed by atoms with E-state index in [1.54, 1.807) is 0 Å². The third kappa shape index (κ3) is 2.54. The summed E-state index contributed by atoms with van der Waals surface area (Å²) in [6.45, 7) is 0. The van der Waals surface area contributed by atoms with Crippen molar-refractivity contribution in [2.24, 2.45) is 0 Å². The predicted octanol–water partition coefficient (Wildman–Crippen LogP) is 2.53. The number of carbonyl (C=O) groups is 1. The summed E-state index contributed by atoms with van der Waals surface area (Å²) in [5, 5.41) is 9.18. The minimum Gasteiger partial charge on any atom is -0.508 e. The molecule has 0 saturated heterocycles. The summed E-state index contributed by atoms with van der Waals surface area (Å²) in [6, 6.07) is 7.33. The highest BCUT2D eigenvalue weighted by atomic mass is 19.1. The van der Waals surface area contributed by atoms with E-state index in [9.17, 15) is 18.7 Å². The van der Waals surface area contributed by atoms with Crippen LogP contribution in [0.1, 0.15) is 10.4 Å². The fourth-order valence-corrected chi connectivity index (χ4v) is 1.70. The summed E-state index contributed by atoms with van der Waals surface area (Å²) in [6.07, 6.45) is 0. The van der Waals surface area contributed by atoms with E-state index in [-0.39, 0.29) is 17.0 Å². The topological polar surface area (TPSA) is 66.6 Å². The Balaban J connectivity index is 2.36. The highest BCUT2D eigenvalue weighted by molar-refractivity contribution is 6.06. The molecule has 0 radical (unpaired) electrons. The van der Waals surface area contributed by atoms with Crippen LogP contribution in [0.2, 0.25) is 0 Å². The van der Waals surface area contributed by atoms with E-state index in [0.29, 0.717) is 11.8 Å². The molecule has 2 rings (SSSR count). The Morgan fingerprint density at radius 3 is 2.35 bits per heavy atom. The number of halogens is 2. The van der Waals surface area contributed by atoms with Crippen molar-refractivity contribution in [1.29, 1.82) is 0 Å². The maximum Gasteiger partial charge on any atom is 0.261 e. The Kier molecular flexibility index (Phi) is 3.56. The lowest BCUT2D eigenvalue weighted by molar-refractivity contribution is 0.0989. The van der Waals surface area contributed by atoms with Crippen LogP contribution in [-0.2, 0) is 0 Å². The van der Waals surface area contributed by atoms with E-state index in [4.69, 9.17) is 5.73 Å². The number of phenolic OH excluding ortho intramolecular Hbond substituents is 1. The molecule has 0 aliphatic rings. The molecule has 0 bridgehead atoms. The second kappa shape index (κ2) is 5.16. The van der Waals surface area contributed by atoms with Crippen molar-refractivity contribution in [3.63, 3.8) is 0 Å². The number of carbonyl (C=O) groups excluding carboxylic acids is 1. The van der Waals surface area contributed by atoms with Gasteiger partial charge in [-0.2, -0.15) is 0 Å². The molecule has 0 aromatic heterocycles. The van der Waals surface area contributed by atoms with Crippen molar-refractivity contribution in [1.82, 2.24) is 0 Å². The first-order valence-corrected chi connectivity index (χ1v) is 5.71. The van der Waals surface area contributed by atoms with Crippen molar-refractivity contribution in [2.75, 3.05) is 17.7 Å². The molecule has 0 saturated carbocycles. The van der Waals surface area contributed by atoms with E-state index in [2.05, 4.69) is 0 Å². The summed E-state index contributed by atoms with van der Waals surface area (Å²) >= 11 is 0. The number of aromatic hydroxyl groups is 1. The first-order valence-electron chi connectivity index (χ1n) is 5.71. The van der Waals surface area contributed by atoms with Crippen molar-refractivity contribution >= 4 is 17.3 Å². The molecule has 0 atom stereocenters. The first kappa shape index (κ1) is 13.8. The SMILES string of the molecule is CN(C(=O)c1cc(N)c(F)cc1F)c1ccc(O)cc1. The second-order valence-electron chi connectivity index (χ2n) is 4.23. The summed E-state index contributed by atoms with van der Waals surface area (Å²) < 4.78 is 26.7. The molecule has 3 N–H and O–H groups in total. The standard InChI is InChI=1S/C14H12F2N2O2/c1-18(8-2-4-9(19)5-3-8)14(20)10-6-13(17)12(16)7-11(10)15/h2-7,19H,17H2,1H3. The Morgan fingerprint density at radius 1 is 1.15 bits per heavy atom. The van der Waals surface area contributed by atoms with Gasteiger partial charge in [0.25, 0.3) is 5.91 Å². The van der Waals surface area contributed by atoms with Gasteiger partial charge in [0, 0.05) is 18.8 Å². The molecule has 2 aromatic rings. The number of phenols is 1. The average molecular weight is 278 g/mol. The number of benzene rings is 2. The van der Waals surface area contributed by atoms with Crippen molar-refractivity contribution in [3.8, 4) is 5.75 Å². The van der Waals surface area contributed by atoms with Gasteiger partial charge in [-0.1, -0.05) is 0 Å². The van der Waals surface area contributed by atoms with Crippen molar-refractivity contribution in [2.45, 2.75) is 0 Å². The van der Waals surface area contributed by atoms with Gasteiger partial charge in [0.15, 0.2) is 0 Å². The fraction of sp³-hybridized carbons (Fsp3) is 0.0714. The van der Waals surface area contributed by atoms with Crippen LogP contribution in [0, 0.1) is 11.6 Å². The highest BCUT2D eigenvalue weighted by Crippen LogP contribution is 2.22. The number of nitrogens with two attached hydrogens (primary N) is 1. The Bertz CT molecular complexity index is 657. The zero-order chi connectivity index (χ0) is 14.9. The molecule has 0 unspecified atom stereocenters. The molecular formula is C14H12F2N2O2. The molecule has 4 nitrogen and oxygen atoms in total. The van der Waals surface area contributed by atoms with Crippen LogP contribution < -0.4 is 10.6 Å². The van der Waals surface area contributed by atoms with E-state index < -0.39 is 17.5 Å². The van der Waals surface area contributed by atoms with Crippen LogP contribution in [0.5, 0.6) is 5.75 Å². The monoisotopic (exact) mass is 278 g/mol. The minimum absolute atomic E-state index is 0.0480. The highest BCUT2D eigenvalue weighted by Gasteiger charge is 2.19. The largest absolute Gasteiger partial charge is 0.508 e. The molecule has 0 fully saturated rings. The number of amides is 1. The van der Waals surface area contributed by atoms with Crippen LogP contribution in [0.15, 0.2) is 36.4 Å². The van der Waals surface area contributed by atoms with Crippen LogP contribution in [0.4, 0.5) is 20.2 Å². The van der Waals surface area contributed by atoms with E-state index in [1.165, 1.54) is 36.2 Å². The maximum atomic E-state index is 13.6. The average Bonchev–Trinajstić information content (AvgIpc) is 2.42. The molecule has 2 aromatic carbocycles. The Morgan fingerprint density at radius 2 is 1.75 bits per heavy atom. The number of hydrogen-bond donors (Lipinski definition) is 2. The molecule has 1 amide bonds. The minimum atomic E-state index is -0.979. The van der Waals surface area contributed by atoms with Crippen molar-refractivity contribution in [3.05, 3.63) is 53.6 Å². The molecule has 0 spiro atoms. The lowest BCUT2D eigenvalue weighted by atomic mass is 10.1. The summed E-state index contributed by atoms with van der Waals surface area (Å²) in [5.41, 5.74) is 5.18. The molecule has 6 heteroatoms. The molecule has 104 valence electrons. The van der Waals surface area contributed by atoms with Crippen molar-refractivity contribution < 1.29 is 18.7 Å². The summed E-state index contributed by atoms with van der Waals surface area (Å²) in [4.78, 5) is 13.3. The van der Waals surface area contributed by atoms with Gasteiger partial charge in [0.2, 0.25) is 0 Å². The van der Waals surface area contributed by atoms with Gasteiger partial charge >= 0.3 is 0 Å². The van der Waals surface area contributed by atoms with Crippen LogP contribution in [0.25, 0.3) is 0 Å².